The number of ether oxygens (including phenoxy) is 1. The lowest BCUT2D eigenvalue weighted by atomic mass is 10.3. The Morgan fingerprint density at radius 2 is 2.11 bits per heavy atom. The van der Waals surface area contributed by atoms with Crippen molar-refractivity contribution >= 4 is 34.2 Å². The van der Waals surface area contributed by atoms with E-state index in [-0.39, 0.29) is 5.97 Å². The van der Waals surface area contributed by atoms with Crippen molar-refractivity contribution in [1.29, 1.82) is 0 Å². The molecule has 5 heteroatoms. The molecule has 1 N–H and O–H groups in total. The van der Waals surface area contributed by atoms with Gasteiger partial charge in [-0.15, -0.1) is 0 Å². The molecule has 2 rings (SSSR count). The van der Waals surface area contributed by atoms with E-state index < -0.39 is 0 Å². The highest BCUT2D eigenvalue weighted by atomic mass is 127. The SMILES string of the molecule is COC(=O)c1coc(CNc2ccc(I)cc2)c1. The van der Waals surface area contributed by atoms with Gasteiger partial charge in [-0.25, -0.2) is 4.79 Å². The van der Waals surface area contributed by atoms with E-state index >= 15 is 0 Å². The lowest BCUT2D eigenvalue weighted by Crippen LogP contribution is -2.00. The molecule has 1 heterocycles. The number of furan rings is 1. The lowest BCUT2D eigenvalue weighted by molar-refractivity contribution is 0.0600. The second-order valence-corrected chi connectivity index (χ2v) is 4.90. The highest BCUT2D eigenvalue weighted by molar-refractivity contribution is 14.1. The van der Waals surface area contributed by atoms with Crippen LogP contribution in [0.3, 0.4) is 0 Å². The third-order valence-electron chi connectivity index (χ3n) is 2.39. The highest BCUT2D eigenvalue weighted by Crippen LogP contribution is 2.14. The summed E-state index contributed by atoms with van der Waals surface area (Å²) in [4.78, 5) is 11.2. The number of nitrogens with one attached hydrogen (secondary N) is 1. The number of esters is 1. The Hall–Kier alpha value is -1.50. The Balaban J connectivity index is 1.96. The standard InChI is InChI=1S/C13H12INO3/c1-17-13(16)9-6-12(18-8-9)7-15-11-4-2-10(14)3-5-11/h2-6,8,15H,7H2,1H3. The number of hydrogen-bond donors (Lipinski definition) is 1. The van der Waals surface area contributed by atoms with Crippen molar-refractivity contribution in [1.82, 2.24) is 0 Å². The summed E-state index contributed by atoms with van der Waals surface area (Å²) in [5, 5.41) is 3.21. The van der Waals surface area contributed by atoms with Gasteiger partial charge in [0.1, 0.15) is 12.0 Å². The summed E-state index contributed by atoms with van der Waals surface area (Å²) >= 11 is 2.25. The number of hydrogen-bond acceptors (Lipinski definition) is 4. The fourth-order valence-corrected chi connectivity index (χ4v) is 1.81. The smallest absolute Gasteiger partial charge is 0.341 e. The molecule has 94 valence electrons. The number of methoxy groups -OCH3 is 1. The molecule has 2 aromatic rings. The monoisotopic (exact) mass is 357 g/mol. The highest BCUT2D eigenvalue weighted by Gasteiger charge is 2.09. The fraction of sp³-hybridized carbons (Fsp3) is 0.154. The summed E-state index contributed by atoms with van der Waals surface area (Å²) in [6, 6.07) is 9.69. The van der Waals surface area contributed by atoms with Gasteiger partial charge >= 0.3 is 5.97 Å². The van der Waals surface area contributed by atoms with Crippen molar-refractivity contribution < 1.29 is 13.9 Å². The van der Waals surface area contributed by atoms with Crippen molar-refractivity contribution in [3.8, 4) is 0 Å². The molecule has 0 fully saturated rings. The summed E-state index contributed by atoms with van der Waals surface area (Å²) in [7, 11) is 1.35. The Kier molecular flexibility index (Phi) is 4.24. The zero-order chi connectivity index (χ0) is 13.0. The first kappa shape index (κ1) is 12.9. The molecule has 0 saturated carbocycles. The van der Waals surface area contributed by atoms with Crippen molar-refractivity contribution in [2.75, 3.05) is 12.4 Å². The molecule has 0 amide bonds. The predicted molar refractivity (Wildman–Crippen MR) is 76.5 cm³/mol. The van der Waals surface area contributed by atoms with Crippen LogP contribution in [-0.2, 0) is 11.3 Å². The summed E-state index contributed by atoms with van der Waals surface area (Å²) in [5.41, 5.74) is 1.43. The summed E-state index contributed by atoms with van der Waals surface area (Å²) in [6.07, 6.45) is 1.40. The third kappa shape index (κ3) is 3.25. The Morgan fingerprint density at radius 1 is 1.39 bits per heavy atom. The van der Waals surface area contributed by atoms with Crippen molar-refractivity contribution in [2.24, 2.45) is 0 Å². The van der Waals surface area contributed by atoms with E-state index in [4.69, 9.17) is 4.42 Å². The van der Waals surface area contributed by atoms with Gasteiger partial charge < -0.3 is 14.5 Å². The number of anilines is 1. The first-order chi connectivity index (χ1) is 8.69. The predicted octanol–water partition coefficient (Wildman–Crippen LogP) is 3.28. The van der Waals surface area contributed by atoms with Crippen LogP contribution in [0.1, 0.15) is 16.1 Å². The topological polar surface area (TPSA) is 51.5 Å². The minimum atomic E-state index is -0.390. The Labute approximate surface area is 118 Å². The number of carbonyl (C=O) groups is 1. The average Bonchev–Trinajstić information content (AvgIpc) is 2.86. The van der Waals surface area contributed by atoms with E-state index in [1.165, 1.54) is 16.9 Å². The number of carbonyl (C=O) groups excluding carboxylic acids is 1. The van der Waals surface area contributed by atoms with E-state index in [1.807, 2.05) is 24.3 Å². The number of halogens is 1. The largest absolute Gasteiger partial charge is 0.467 e. The lowest BCUT2D eigenvalue weighted by Gasteiger charge is -2.03. The molecule has 0 bridgehead atoms. The van der Waals surface area contributed by atoms with Crippen LogP contribution in [0.15, 0.2) is 41.0 Å². The van der Waals surface area contributed by atoms with Crippen LogP contribution >= 0.6 is 22.6 Å². The molecule has 0 aliphatic carbocycles. The molecule has 1 aromatic heterocycles. The summed E-state index contributed by atoms with van der Waals surface area (Å²) < 4.78 is 11.1. The molecule has 0 saturated heterocycles. The third-order valence-corrected chi connectivity index (χ3v) is 3.10. The zero-order valence-electron chi connectivity index (χ0n) is 9.77. The number of rotatable bonds is 4. The van der Waals surface area contributed by atoms with E-state index in [0.29, 0.717) is 17.9 Å². The number of benzene rings is 1. The van der Waals surface area contributed by atoms with Crippen molar-refractivity contribution in [2.45, 2.75) is 6.54 Å². The van der Waals surface area contributed by atoms with Gasteiger partial charge in [0.2, 0.25) is 0 Å². The molecule has 4 nitrogen and oxygen atoms in total. The molecular formula is C13H12INO3. The van der Waals surface area contributed by atoms with Gasteiger partial charge in [0.15, 0.2) is 0 Å². The maximum Gasteiger partial charge on any atom is 0.341 e. The van der Waals surface area contributed by atoms with Crippen LogP contribution in [0.25, 0.3) is 0 Å². The molecule has 1 aromatic carbocycles. The van der Waals surface area contributed by atoms with E-state index in [1.54, 1.807) is 6.07 Å². The van der Waals surface area contributed by atoms with Crippen molar-refractivity contribution in [3.63, 3.8) is 0 Å². The van der Waals surface area contributed by atoms with Crippen LogP contribution < -0.4 is 5.32 Å². The average molecular weight is 357 g/mol. The van der Waals surface area contributed by atoms with Crippen LogP contribution in [-0.4, -0.2) is 13.1 Å². The molecule has 0 aliphatic rings. The van der Waals surface area contributed by atoms with Crippen LogP contribution in [0, 0.1) is 3.57 Å². The zero-order valence-corrected chi connectivity index (χ0v) is 11.9. The maximum absolute atomic E-state index is 11.2. The maximum atomic E-state index is 11.2. The van der Waals surface area contributed by atoms with Gasteiger partial charge in [-0.2, -0.15) is 0 Å². The van der Waals surface area contributed by atoms with Gasteiger partial charge in [0.25, 0.3) is 0 Å². The fourth-order valence-electron chi connectivity index (χ4n) is 1.46. The van der Waals surface area contributed by atoms with Crippen LogP contribution in [0.2, 0.25) is 0 Å². The van der Waals surface area contributed by atoms with Gasteiger partial charge in [-0.1, -0.05) is 0 Å². The normalized spacial score (nSPS) is 10.1. The minimum Gasteiger partial charge on any atom is -0.467 e. The van der Waals surface area contributed by atoms with E-state index in [9.17, 15) is 4.79 Å². The van der Waals surface area contributed by atoms with Gasteiger partial charge in [-0.05, 0) is 52.9 Å². The second kappa shape index (κ2) is 5.90. The van der Waals surface area contributed by atoms with Gasteiger partial charge in [-0.3, -0.25) is 0 Å². The van der Waals surface area contributed by atoms with Crippen LogP contribution in [0.5, 0.6) is 0 Å². The molecule has 0 spiro atoms. The van der Waals surface area contributed by atoms with Crippen molar-refractivity contribution in [3.05, 3.63) is 51.5 Å². The molecule has 18 heavy (non-hydrogen) atoms. The van der Waals surface area contributed by atoms with Gasteiger partial charge in [0, 0.05) is 9.26 Å². The second-order valence-electron chi connectivity index (χ2n) is 3.65. The first-order valence-electron chi connectivity index (χ1n) is 5.34. The summed E-state index contributed by atoms with van der Waals surface area (Å²) in [5.74, 6) is 0.299. The molecule has 0 radical (unpaired) electrons. The molecular weight excluding hydrogens is 345 g/mol. The first-order valence-corrected chi connectivity index (χ1v) is 6.42. The van der Waals surface area contributed by atoms with Crippen LogP contribution in [0.4, 0.5) is 5.69 Å². The van der Waals surface area contributed by atoms with Gasteiger partial charge in [0.05, 0.1) is 19.2 Å². The molecule has 0 aliphatic heterocycles. The molecule has 0 unspecified atom stereocenters. The minimum absolute atomic E-state index is 0.390. The Morgan fingerprint density at radius 3 is 2.78 bits per heavy atom. The van der Waals surface area contributed by atoms with E-state index in [0.717, 1.165) is 5.69 Å². The Bertz CT molecular complexity index is 533. The summed E-state index contributed by atoms with van der Waals surface area (Å²) in [6.45, 7) is 0.525. The molecule has 0 atom stereocenters. The van der Waals surface area contributed by atoms with E-state index in [2.05, 4.69) is 32.6 Å². The quantitative estimate of drug-likeness (QED) is 0.674.